The van der Waals surface area contributed by atoms with Crippen LogP contribution in [-0.4, -0.2) is 6.04 Å². The highest BCUT2D eigenvalue weighted by Crippen LogP contribution is 2.33. The molecule has 1 aliphatic carbocycles. The van der Waals surface area contributed by atoms with E-state index in [0.29, 0.717) is 17.9 Å². The Morgan fingerprint density at radius 2 is 1.95 bits per heavy atom. The maximum atomic E-state index is 13.7. The van der Waals surface area contributed by atoms with Crippen molar-refractivity contribution >= 4 is 0 Å². The van der Waals surface area contributed by atoms with E-state index in [1.54, 1.807) is 12.1 Å². The van der Waals surface area contributed by atoms with E-state index in [2.05, 4.69) is 12.3 Å². The molecule has 2 rings (SSSR count). The normalized spacial score (nSPS) is 24.6. The molecule has 0 bridgehead atoms. The van der Waals surface area contributed by atoms with E-state index in [0.717, 1.165) is 24.8 Å². The number of hydrazine groups is 1. The van der Waals surface area contributed by atoms with E-state index < -0.39 is 11.6 Å². The van der Waals surface area contributed by atoms with Crippen molar-refractivity contribution < 1.29 is 8.78 Å². The molecule has 1 unspecified atom stereocenters. The quantitative estimate of drug-likeness (QED) is 0.640. The van der Waals surface area contributed by atoms with E-state index in [-0.39, 0.29) is 6.04 Å². The summed E-state index contributed by atoms with van der Waals surface area (Å²) < 4.78 is 27.0. The Kier molecular flexibility index (Phi) is 5.49. The summed E-state index contributed by atoms with van der Waals surface area (Å²) in [6, 6.07) is 4.36. The van der Waals surface area contributed by atoms with Gasteiger partial charge in [-0.25, -0.2) is 8.78 Å². The number of benzene rings is 1. The van der Waals surface area contributed by atoms with Crippen molar-refractivity contribution in [1.29, 1.82) is 0 Å². The number of rotatable bonds is 5. The van der Waals surface area contributed by atoms with Crippen molar-refractivity contribution in [2.24, 2.45) is 17.7 Å². The van der Waals surface area contributed by atoms with Crippen LogP contribution in [0.4, 0.5) is 8.78 Å². The Labute approximate surface area is 119 Å². The number of halogens is 2. The van der Waals surface area contributed by atoms with E-state index in [1.165, 1.54) is 19.3 Å². The fourth-order valence-electron chi connectivity index (χ4n) is 3.30. The molecule has 3 N–H and O–H groups in total. The summed E-state index contributed by atoms with van der Waals surface area (Å²) in [5.41, 5.74) is 3.22. The molecule has 20 heavy (non-hydrogen) atoms. The summed E-state index contributed by atoms with van der Waals surface area (Å²) in [4.78, 5) is 0. The molecule has 0 saturated heterocycles. The molecule has 1 saturated carbocycles. The number of hydrogen-bond acceptors (Lipinski definition) is 2. The second-order valence-electron chi connectivity index (χ2n) is 5.88. The lowest BCUT2D eigenvalue weighted by molar-refractivity contribution is 0.216. The standard InChI is InChI=1S/C16H24F2N2/c1-2-11-6-8-12(9-7-11)15(20-19)10-13-4-3-5-14(17)16(13)18/h3-5,11-12,15,20H,2,6-10,19H2,1H3. The summed E-state index contributed by atoms with van der Waals surface area (Å²) in [5.74, 6) is 5.38. The van der Waals surface area contributed by atoms with Crippen LogP contribution in [0.2, 0.25) is 0 Å². The highest BCUT2D eigenvalue weighted by atomic mass is 19.2. The van der Waals surface area contributed by atoms with Gasteiger partial charge in [0, 0.05) is 6.04 Å². The molecule has 1 aliphatic rings. The fraction of sp³-hybridized carbons (Fsp3) is 0.625. The van der Waals surface area contributed by atoms with E-state index in [9.17, 15) is 8.78 Å². The highest BCUT2D eigenvalue weighted by molar-refractivity contribution is 5.20. The summed E-state index contributed by atoms with van der Waals surface area (Å²) in [7, 11) is 0. The van der Waals surface area contributed by atoms with Crippen LogP contribution in [-0.2, 0) is 6.42 Å². The van der Waals surface area contributed by atoms with Crippen LogP contribution in [0.25, 0.3) is 0 Å². The average molecular weight is 282 g/mol. The third kappa shape index (κ3) is 3.55. The Balaban J connectivity index is 2.00. The van der Waals surface area contributed by atoms with Crippen molar-refractivity contribution in [3.05, 3.63) is 35.4 Å². The van der Waals surface area contributed by atoms with Crippen LogP contribution >= 0.6 is 0 Å². The molecule has 1 aromatic carbocycles. The predicted molar refractivity (Wildman–Crippen MR) is 76.9 cm³/mol. The highest BCUT2D eigenvalue weighted by Gasteiger charge is 2.27. The average Bonchev–Trinajstić information content (AvgIpc) is 2.49. The molecule has 0 aromatic heterocycles. The van der Waals surface area contributed by atoms with Gasteiger partial charge in [0.05, 0.1) is 0 Å². The Bertz CT molecular complexity index is 428. The van der Waals surface area contributed by atoms with E-state index in [4.69, 9.17) is 5.84 Å². The Morgan fingerprint density at radius 1 is 1.25 bits per heavy atom. The lowest BCUT2D eigenvalue weighted by Gasteiger charge is -2.33. The van der Waals surface area contributed by atoms with Crippen molar-refractivity contribution in [1.82, 2.24) is 5.43 Å². The van der Waals surface area contributed by atoms with Gasteiger partial charge in [0.25, 0.3) is 0 Å². The SMILES string of the molecule is CCC1CCC(C(Cc2cccc(F)c2F)NN)CC1. The number of hydrogen-bond donors (Lipinski definition) is 2. The Morgan fingerprint density at radius 3 is 2.55 bits per heavy atom. The van der Waals surface area contributed by atoms with Gasteiger partial charge in [0.15, 0.2) is 11.6 Å². The van der Waals surface area contributed by atoms with Crippen LogP contribution in [0.3, 0.4) is 0 Å². The largest absolute Gasteiger partial charge is 0.271 e. The molecule has 0 radical (unpaired) electrons. The zero-order valence-electron chi connectivity index (χ0n) is 12.0. The summed E-state index contributed by atoms with van der Waals surface area (Å²) >= 11 is 0. The van der Waals surface area contributed by atoms with Crippen LogP contribution in [0.5, 0.6) is 0 Å². The molecule has 0 aliphatic heterocycles. The summed E-state index contributed by atoms with van der Waals surface area (Å²) in [5, 5.41) is 0. The van der Waals surface area contributed by atoms with Crippen molar-refractivity contribution in [3.63, 3.8) is 0 Å². The molecule has 1 atom stereocenters. The third-order valence-electron chi connectivity index (χ3n) is 4.72. The molecule has 112 valence electrons. The lowest BCUT2D eigenvalue weighted by Crippen LogP contribution is -2.43. The predicted octanol–water partition coefficient (Wildman–Crippen LogP) is 3.56. The molecule has 0 amide bonds. The monoisotopic (exact) mass is 282 g/mol. The molecule has 1 aromatic rings. The van der Waals surface area contributed by atoms with Crippen LogP contribution in [0.15, 0.2) is 18.2 Å². The Hall–Kier alpha value is -1.00. The van der Waals surface area contributed by atoms with Gasteiger partial charge in [-0.3, -0.25) is 11.3 Å². The summed E-state index contributed by atoms with van der Waals surface area (Å²) in [6.45, 7) is 2.23. The zero-order chi connectivity index (χ0) is 14.5. The van der Waals surface area contributed by atoms with E-state index >= 15 is 0 Å². The third-order valence-corrected chi connectivity index (χ3v) is 4.72. The fourth-order valence-corrected chi connectivity index (χ4v) is 3.30. The number of nitrogens with one attached hydrogen (secondary N) is 1. The smallest absolute Gasteiger partial charge is 0.162 e. The first-order valence-electron chi connectivity index (χ1n) is 7.54. The van der Waals surface area contributed by atoms with Gasteiger partial charge >= 0.3 is 0 Å². The first-order chi connectivity index (χ1) is 9.65. The molecule has 1 fully saturated rings. The van der Waals surface area contributed by atoms with Crippen LogP contribution in [0, 0.1) is 23.5 Å². The topological polar surface area (TPSA) is 38.0 Å². The molecule has 0 heterocycles. The minimum atomic E-state index is -0.784. The molecular weight excluding hydrogens is 258 g/mol. The first-order valence-corrected chi connectivity index (χ1v) is 7.54. The lowest BCUT2D eigenvalue weighted by atomic mass is 9.76. The number of nitrogens with two attached hydrogens (primary N) is 1. The minimum absolute atomic E-state index is 0.0177. The molecule has 2 nitrogen and oxygen atoms in total. The second kappa shape index (κ2) is 7.14. The van der Waals surface area contributed by atoms with E-state index in [1.807, 2.05) is 0 Å². The van der Waals surface area contributed by atoms with Gasteiger partial charge in [0.1, 0.15) is 0 Å². The van der Waals surface area contributed by atoms with Gasteiger partial charge in [-0.15, -0.1) is 0 Å². The maximum absolute atomic E-state index is 13.7. The maximum Gasteiger partial charge on any atom is 0.162 e. The van der Waals surface area contributed by atoms with Gasteiger partial charge < -0.3 is 0 Å². The van der Waals surface area contributed by atoms with Crippen LogP contribution < -0.4 is 11.3 Å². The van der Waals surface area contributed by atoms with Gasteiger partial charge in [-0.05, 0) is 42.7 Å². The van der Waals surface area contributed by atoms with Crippen LogP contribution in [0.1, 0.15) is 44.6 Å². The zero-order valence-corrected chi connectivity index (χ0v) is 12.0. The molecule has 4 heteroatoms. The van der Waals surface area contributed by atoms with Gasteiger partial charge in [0.2, 0.25) is 0 Å². The second-order valence-corrected chi connectivity index (χ2v) is 5.88. The molecular formula is C16H24F2N2. The van der Waals surface area contributed by atoms with Crippen molar-refractivity contribution in [2.45, 2.75) is 51.5 Å². The van der Waals surface area contributed by atoms with Gasteiger partial charge in [-0.1, -0.05) is 38.3 Å². The van der Waals surface area contributed by atoms with Crippen molar-refractivity contribution in [3.8, 4) is 0 Å². The minimum Gasteiger partial charge on any atom is -0.271 e. The summed E-state index contributed by atoms with van der Waals surface area (Å²) in [6.07, 6.45) is 6.33. The first kappa shape index (κ1) is 15.4. The van der Waals surface area contributed by atoms with Gasteiger partial charge in [-0.2, -0.15) is 0 Å². The van der Waals surface area contributed by atoms with Crippen molar-refractivity contribution in [2.75, 3.05) is 0 Å². The molecule has 0 spiro atoms.